The molecular formula is C16H8O3. The van der Waals surface area contributed by atoms with Gasteiger partial charge in [0, 0.05) is 0 Å². The number of rotatable bonds is 0. The zero-order valence-corrected chi connectivity index (χ0v) is 9.84. The van der Waals surface area contributed by atoms with Crippen LogP contribution >= 0.6 is 0 Å². The lowest BCUT2D eigenvalue weighted by Crippen LogP contribution is -1.96. The van der Waals surface area contributed by atoms with Gasteiger partial charge in [-0.15, -0.1) is 0 Å². The molecule has 0 atom stereocenters. The molecular weight excluding hydrogens is 240 g/mol. The number of cyclic esters (lactones) is 2. The molecule has 0 radical (unpaired) electrons. The number of carbonyl (C=O) groups excluding carboxylic acids is 2. The lowest BCUT2D eigenvalue weighted by Gasteiger charge is -2.03. The van der Waals surface area contributed by atoms with Gasteiger partial charge in [0.25, 0.3) is 0 Å². The van der Waals surface area contributed by atoms with E-state index in [2.05, 4.69) is 4.74 Å². The van der Waals surface area contributed by atoms with E-state index in [-0.39, 0.29) is 0 Å². The summed E-state index contributed by atoms with van der Waals surface area (Å²) in [7, 11) is 0. The third kappa shape index (κ3) is 1.38. The van der Waals surface area contributed by atoms with Crippen molar-refractivity contribution in [2.45, 2.75) is 0 Å². The number of fused-ring (bicyclic) bond motifs is 3. The summed E-state index contributed by atoms with van der Waals surface area (Å²) in [4.78, 5) is 23.1. The molecule has 0 aliphatic carbocycles. The Bertz CT molecular complexity index is 806. The molecule has 0 amide bonds. The van der Waals surface area contributed by atoms with Gasteiger partial charge in [-0.1, -0.05) is 24.3 Å². The Balaban J connectivity index is 2.13. The Labute approximate surface area is 108 Å². The maximum Gasteiger partial charge on any atom is 0.346 e. The molecule has 0 saturated heterocycles. The summed E-state index contributed by atoms with van der Waals surface area (Å²) in [6, 6.07) is 15.5. The van der Waals surface area contributed by atoms with Crippen LogP contribution in [0, 0.1) is 0 Å². The first-order chi connectivity index (χ1) is 9.22. The highest BCUT2D eigenvalue weighted by atomic mass is 16.6. The molecule has 0 aromatic heterocycles. The average Bonchev–Trinajstić information content (AvgIpc) is 2.69. The minimum absolute atomic E-state index is 0.354. The van der Waals surface area contributed by atoms with Gasteiger partial charge in [0.2, 0.25) is 0 Å². The zero-order valence-electron chi connectivity index (χ0n) is 9.84. The van der Waals surface area contributed by atoms with Crippen LogP contribution in [0.4, 0.5) is 0 Å². The number of benzene rings is 3. The van der Waals surface area contributed by atoms with Crippen molar-refractivity contribution in [1.29, 1.82) is 0 Å². The highest BCUT2D eigenvalue weighted by Crippen LogP contribution is 2.29. The monoisotopic (exact) mass is 248 g/mol. The third-order valence-electron chi connectivity index (χ3n) is 3.47. The summed E-state index contributed by atoms with van der Waals surface area (Å²) in [5.41, 5.74) is 0.709. The van der Waals surface area contributed by atoms with Gasteiger partial charge in [0.15, 0.2) is 0 Å². The molecule has 3 aromatic rings. The van der Waals surface area contributed by atoms with Gasteiger partial charge in [-0.05, 0) is 45.8 Å². The number of hydrogen-bond donors (Lipinski definition) is 0. The third-order valence-corrected chi connectivity index (χ3v) is 3.47. The van der Waals surface area contributed by atoms with Crippen molar-refractivity contribution in [3.63, 3.8) is 0 Å². The van der Waals surface area contributed by atoms with Crippen LogP contribution in [0.3, 0.4) is 0 Å². The Hall–Kier alpha value is -2.68. The topological polar surface area (TPSA) is 43.4 Å². The SMILES string of the molecule is O=C1OC(=O)c2cc3cc4ccccc4cc3cc21. The summed E-state index contributed by atoms with van der Waals surface area (Å²) in [5, 5.41) is 4.08. The van der Waals surface area contributed by atoms with Gasteiger partial charge in [-0.2, -0.15) is 0 Å². The van der Waals surface area contributed by atoms with Crippen molar-refractivity contribution < 1.29 is 14.3 Å². The first kappa shape index (κ1) is 10.3. The maximum atomic E-state index is 11.5. The highest BCUT2D eigenvalue weighted by molar-refractivity contribution is 6.17. The van der Waals surface area contributed by atoms with Crippen LogP contribution in [-0.2, 0) is 4.74 Å². The lowest BCUT2D eigenvalue weighted by molar-refractivity contribution is 0.0444. The van der Waals surface area contributed by atoms with E-state index in [0.717, 1.165) is 21.5 Å². The zero-order chi connectivity index (χ0) is 13.0. The number of esters is 2. The molecule has 0 unspecified atom stereocenters. The fourth-order valence-corrected chi connectivity index (χ4v) is 2.52. The van der Waals surface area contributed by atoms with E-state index in [9.17, 15) is 9.59 Å². The van der Waals surface area contributed by atoms with E-state index < -0.39 is 11.9 Å². The largest absolute Gasteiger partial charge is 0.386 e. The average molecular weight is 248 g/mol. The predicted molar refractivity (Wildman–Crippen MR) is 71.2 cm³/mol. The summed E-state index contributed by atoms with van der Waals surface area (Å²) >= 11 is 0. The van der Waals surface area contributed by atoms with E-state index in [1.165, 1.54) is 0 Å². The molecule has 1 aliphatic heterocycles. The van der Waals surface area contributed by atoms with Crippen LogP contribution in [0.5, 0.6) is 0 Å². The summed E-state index contributed by atoms with van der Waals surface area (Å²) in [6.45, 7) is 0. The van der Waals surface area contributed by atoms with Gasteiger partial charge in [0.1, 0.15) is 0 Å². The Morgan fingerprint density at radius 3 is 1.58 bits per heavy atom. The van der Waals surface area contributed by atoms with Crippen LogP contribution in [0.15, 0.2) is 48.5 Å². The quantitative estimate of drug-likeness (QED) is 0.348. The summed E-state index contributed by atoms with van der Waals surface area (Å²) in [6.07, 6.45) is 0. The van der Waals surface area contributed by atoms with Crippen molar-refractivity contribution in [3.05, 3.63) is 59.7 Å². The smallest absolute Gasteiger partial charge is 0.346 e. The van der Waals surface area contributed by atoms with Crippen LogP contribution in [0.1, 0.15) is 20.7 Å². The standard InChI is InChI=1S/C16H8O3/c17-15-13-7-11-5-9-3-1-2-4-10(9)6-12(11)8-14(13)16(18)19-15/h1-8H. The fraction of sp³-hybridized carbons (Fsp3) is 0. The second-order valence-corrected chi connectivity index (χ2v) is 4.62. The normalized spacial score (nSPS) is 13.9. The van der Waals surface area contributed by atoms with Gasteiger partial charge in [-0.3, -0.25) is 0 Å². The second kappa shape index (κ2) is 3.42. The first-order valence-corrected chi connectivity index (χ1v) is 5.95. The molecule has 3 aromatic carbocycles. The van der Waals surface area contributed by atoms with Crippen molar-refractivity contribution in [2.24, 2.45) is 0 Å². The van der Waals surface area contributed by atoms with Crippen molar-refractivity contribution >= 4 is 33.5 Å². The molecule has 90 valence electrons. The van der Waals surface area contributed by atoms with Gasteiger partial charge >= 0.3 is 11.9 Å². The van der Waals surface area contributed by atoms with Gasteiger partial charge in [0.05, 0.1) is 11.1 Å². The van der Waals surface area contributed by atoms with E-state index in [1.807, 2.05) is 36.4 Å². The van der Waals surface area contributed by atoms with Gasteiger partial charge < -0.3 is 4.74 Å². The molecule has 1 heterocycles. The molecule has 4 rings (SSSR count). The van der Waals surface area contributed by atoms with E-state index in [1.54, 1.807) is 12.1 Å². The Morgan fingerprint density at radius 1 is 0.632 bits per heavy atom. The maximum absolute atomic E-state index is 11.5. The van der Waals surface area contributed by atoms with Crippen molar-refractivity contribution in [1.82, 2.24) is 0 Å². The molecule has 1 aliphatic rings. The van der Waals surface area contributed by atoms with Crippen LogP contribution in [0.2, 0.25) is 0 Å². The molecule has 0 bridgehead atoms. The predicted octanol–water partition coefficient (Wildman–Crippen LogP) is 3.30. The minimum atomic E-state index is -0.560. The van der Waals surface area contributed by atoms with Crippen molar-refractivity contribution in [2.75, 3.05) is 0 Å². The molecule has 3 nitrogen and oxygen atoms in total. The number of ether oxygens (including phenoxy) is 1. The molecule has 3 heteroatoms. The summed E-state index contributed by atoms with van der Waals surface area (Å²) < 4.78 is 4.62. The summed E-state index contributed by atoms with van der Waals surface area (Å²) in [5.74, 6) is -1.12. The molecule has 0 spiro atoms. The second-order valence-electron chi connectivity index (χ2n) is 4.62. The number of hydrogen-bond acceptors (Lipinski definition) is 3. The van der Waals surface area contributed by atoms with Crippen molar-refractivity contribution in [3.8, 4) is 0 Å². The molecule has 0 fully saturated rings. The van der Waals surface area contributed by atoms with E-state index in [0.29, 0.717) is 11.1 Å². The van der Waals surface area contributed by atoms with Crippen LogP contribution in [-0.4, -0.2) is 11.9 Å². The Morgan fingerprint density at radius 2 is 1.11 bits per heavy atom. The molecule has 0 N–H and O–H groups in total. The fourth-order valence-electron chi connectivity index (χ4n) is 2.52. The van der Waals surface area contributed by atoms with E-state index >= 15 is 0 Å². The lowest BCUT2D eigenvalue weighted by atomic mass is 9.99. The molecule has 19 heavy (non-hydrogen) atoms. The Kier molecular flexibility index (Phi) is 1.85. The van der Waals surface area contributed by atoms with Gasteiger partial charge in [-0.25, -0.2) is 9.59 Å². The number of carbonyl (C=O) groups is 2. The minimum Gasteiger partial charge on any atom is -0.386 e. The molecule has 0 saturated carbocycles. The van der Waals surface area contributed by atoms with Crippen LogP contribution < -0.4 is 0 Å². The highest BCUT2D eigenvalue weighted by Gasteiger charge is 2.29. The first-order valence-electron chi connectivity index (χ1n) is 5.95. The van der Waals surface area contributed by atoms with Crippen LogP contribution in [0.25, 0.3) is 21.5 Å². The van der Waals surface area contributed by atoms with E-state index in [4.69, 9.17) is 0 Å².